The molecule has 0 bridgehead atoms. The first-order chi connectivity index (χ1) is 6.61. The van der Waals surface area contributed by atoms with Gasteiger partial charge in [0.25, 0.3) is 0 Å². The Bertz CT molecular complexity index is 190. The van der Waals surface area contributed by atoms with Gasteiger partial charge in [-0.05, 0) is 13.3 Å². The molecular formula is C9H16O5. The van der Waals surface area contributed by atoms with Gasteiger partial charge in [0, 0.05) is 6.08 Å². The molecule has 0 aromatic carbocycles. The van der Waals surface area contributed by atoms with E-state index in [0.29, 0.717) is 6.61 Å². The number of hydrogen-bond acceptors (Lipinski definition) is 5. The molecule has 3 N–H and O–H groups in total. The van der Waals surface area contributed by atoms with Crippen LogP contribution in [0, 0.1) is 0 Å². The average Bonchev–Trinajstić information content (AvgIpc) is 2.16. The first kappa shape index (κ1) is 13.1. The van der Waals surface area contributed by atoms with E-state index in [9.17, 15) is 4.79 Å². The van der Waals surface area contributed by atoms with E-state index >= 15 is 0 Å². The van der Waals surface area contributed by atoms with Crippen LogP contribution in [0.3, 0.4) is 0 Å². The normalized spacial score (nSPS) is 15.4. The van der Waals surface area contributed by atoms with Gasteiger partial charge in [-0.3, -0.25) is 0 Å². The summed E-state index contributed by atoms with van der Waals surface area (Å²) in [5.74, 6) is -0.488. The highest BCUT2D eigenvalue weighted by Gasteiger charge is 2.12. The van der Waals surface area contributed by atoms with Crippen LogP contribution in [-0.4, -0.2) is 46.7 Å². The topological polar surface area (TPSA) is 87.0 Å². The molecule has 5 nitrogen and oxygen atoms in total. The van der Waals surface area contributed by atoms with Crippen LogP contribution in [0.1, 0.15) is 13.3 Å². The highest BCUT2D eigenvalue weighted by atomic mass is 16.5. The second kappa shape index (κ2) is 7.49. The summed E-state index contributed by atoms with van der Waals surface area (Å²) >= 11 is 0. The molecule has 0 heterocycles. The first-order valence-corrected chi connectivity index (χ1v) is 4.42. The molecule has 0 aromatic heterocycles. The van der Waals surface area contributed by atoms with E-state index in [2.05, 4.69) is 4.74 Å². The lowest BCUT2D eigenvalue weighted by Crippen LogP contribution is -2.28. The Kier molecular flexibility index (Phi) is 7.00. The average molecular weight is 204 g/mol. The lowest BCUT2D eigenvalue weighted by atomic mass is 10.1. The van der Waals surface area contributed by atoms with Crippen molar-refractivity contribution in [1.29, 1.82) is 0 Å². The smallest absolute Gasteiger partial charge is 0.330 e. The molecule has 0 amide bonds. The number of aliphatic hydroxyl groups excluding tert-OH is 3. The monoisotopic (exact) mass is 204 g/mol. The third-order valence-corrected chi connectivity index (χ3v) is 1.55. The molecule has 0 rings (SSSR count). The molecule has 0 aliphatic rings. The van der Waals surface area contributed by atoms with Crippen LogP contribution < -0.4 is 0 Å². The lowest BCUT2D eigenvalue weighted by molar-refractivity contribution is -0.137. The van der Waals surface area contributed by atoms with Crippen LogP contribution in [0.15, 0.2) is 12.2 Å². The molecule has 82 valence electrons. The Morgan fingerprint density at radius 1 is 1.43 bits per heavy atom. The van der Waals surface area contributed by atoms with E-state index in [1.165, 1.54) is 12.2 Å². The molecule has 5 heteroatoms. The van der Waals surface area contributed by atoms with Crippen molar-refractivity contribution >= 4 is 5.97 Å². The van der Waals surface area contributed by atoms with Crippen LogP contribution in [-0.2, 0) is 9.53 Å². The number of ether oxygens (including phenoxy) is 1. The molecule has 0 unspecified atom stereocenters. The van der Waals surface area contributed by atoms with Crippen molar-refractivity contribution in [2.24, 2.45) is 0 Å². The summed E-state index contributed by atoms with van der Waals surface area (Å²) in [6, 6.07) is 0. The maximum Gasteiger partial charge on any atom is 0.330 e. The van der Waals surface area contributed by atoms with Crippen molar-refractivity contribution in [3.8, 4) is 0 Å². The molecule has 0 radical (unpaired) electrons. The van der Waals surface area contributed by atoms with E-state index < -0.39 is 24.8 Å². The number of hydrogen-bond donors (Lipinski definition) is 3. The van der Waals surface area contributed by atoms with Crippen LogP contribution in [0.2, 0.25) is 0 Å². The Balaban J connectivity index is 3.75. The molecule has 0 aliphatic carbocycles. The van der Waals surface area contributed by atoms with Gasteiger partial charge in [-0.15, -0.1) is 0 Å². The summed E-state index contributed by atoms with van der Waals surface area (Å²) < 4.78 is 4.59. The zero-order chi connectivity index (χ0) is 11.0. The Labute approximate surface area is 82.6 Å². The van der Waals surface area contributed by atoms with Gasteiger partial charge in [-0.25, -0.2) is 4.79 Å². The van der Waals surface area contributed by atoms with E-state index in [0.717, 1.165) is 0 Å². The maximum atomic E-state index is 10.8. The van der Waals surface area contributed by atoms with Crippen molar-refractivity contribution in [2.75, 3.05) is 13.2 Å². The van der Waals surface area contributed by atoms with Crippen LogP contribution in [0.25, 0.3) is 0 Å². The Morgan fingerprint density at radius 3 is 2.57 bits per heavy atom. The summed E-state index contributed by atoms with van der Waals surface area (Å²) in [6.07, 6.45) is 0.423. The quantitative estimate of drug-likeness (QED) is 0.390. The SMILES string of the molecule is CCOC(=O)/C=C\C[C@@H](O)[C@@H](O)CO. The molecule has 0 saturated heterocycles. The third kappa shape index (κ3) is 5.69. The van der Waals surface area contributed by atoms with Gasteiger partial charge < -0.3 is 20.1 Å². The van der Waals surface area contributed by atoms with Crippen LogP contribution >= 0.6 is 0 Å². The fourth-order valence-corrected chi connectivity index (χ4v) is 0.773. The minimum absolute atomic E-state index is 0.0978. The summed E-state index contributed by atoms with van der Waals surface area (Å²) in [7, 11) is 0. The zero-order valence-electron chi connectivity index (χ0n) is 8.09. The van der Waals surface area contributed by atoms with Gasteiger partial charge in [0.05, 0.1) is 19.3 Å². The predicted molar refractivity (Wildman–Crippen MR) is 49.5 cm³/mol. The summed E-state index contributed by atoms with van der Waals surface area (Å²) in [6.45, 7) is 1.48. The second-order valence-corrected chi connectivity index (χ2v) is 2.71. The first-order valence-electron chi connectivity index (χ1n) is 4.42. The largest absolute Gasteiger partial charge is 0.463 e. The van der Waals surface area contributed by atoms with Crippen molar-refractivity contribution < 1.29 is 24.9 Å². The minimum atomic E-state index is -1.18. The molecule has 0 spiro atoms. The Morgan fingerprint density at radius 2 is 2.07 bits per heavy atom. The van der Waals surface area contributed by atoms with Crippen LogP contribution in [0.5, 0.6) is 0 Å². The molecule has 14 heavy (non-hydrogen) atoms. The molecule has 0 aliphatic heterocycles. The fourth-order valence-electron chi connectivity index (χ4n) is 0.773. The van der Waals surface area contributed by atoms with Gasteiger partial charge >= 0.3 is 5.97 Å². The van der Waals surface area contributed by atoms with Gasteiger partial charge in [0.2, 0.25) is 0 Å². The highest BCUT2D eigenvalue weighted by molar-refractivity contribution is 5.81. The molecule has 2 atom stereocenters. The predicted octanol–water partition coefficient (Wildman–Crippen LogP) is -0.790. The number of aliphatic hydroxyl groups is 3. The third-order valence-electron chi connectivity index (χ3n) is 1.55. The zero-order valence-corrected chi connectivity index (χ0v) is 8.09. The van der Waals surface area contributed by atoms with Gasteiger partial charge in [0.15, 0.2) is 0 Å². The van der Waals surface area contributed by atoms with E-state index in [1.54, 1.807) is 6.92 Å². The lowest BCUT2D eigenvalue weighted by Gasteiger charge is -2.12. The molecule has 0 saturated carbocycles. The fraction of sp³-hybridized carbons (Fsp3) is 0.667. The number of rotatable bonds is 6. The summed E-state index contributed by atoms with van der Waals surface area (Å²) in [5, 5.41) is 26.6. The van der Waals surface area contributed by atoms with Gasteiger partial charge in [-0.1, -0.05) is 6.08 Å². The minimum Gasteiger partial charge on any atom is -0.463 e. The van der Waals surface area contributed by atoms with Crippen molar-refractivity contribution in [3.05, 3.63) is 12.2 Å². The van der Waals surface area contributed by atoms with Crippen molar-refractivity contribution in [1.82, 2.24) is 0 Å². The van der Waals surface area contributed by atoms with Crippen LogP contribution in [0.4, 0.5) is 0 Å². The summed E-state index contributed by atoms with van der Waals surface area (Å²) in [4.78, 5) is 10.8. The highest BCUT2D eigenvalue weighted by Crippen LogP contribution is 1.99. The van der Waals surface area contributed by atoms with E-state index in [-0.39, 0.29) is 6.42 Å². The number of carbonyl (C=O) groups is 1. The Hall–Kier alpha value is -0.910. The van der Waals surface area contributed by atoms with Gasteiger partial charge in [0.1, 0.15) is 6.10 Å². The molecule has 0 aromatic rings. The van der Waals surface area contributed by atoms with Gasteiger partial charge in [-0.2, -0.15) is 0 Å². The van der Waals surface area contributed by atoms with E-state index in [1.807, 2.05) is 0 Å². The number of esters is 1. The summed E-state index contributed by atoms with van der Waals surface area (Å²) in [5.41, 5.74) is 0. The second-order valence-electron chi connectivity index (χ2n) is 2.71. The standard InChI is InChI=1S/C9H16O5/c1-2-14-9(13)5-3-4-7(11)8(12)6-10/h3,5,7-8,10-12H,2,4,6H2,1H3/b5-3-/t7-,8+/m1/s1. The number of carbonyl (C=O) groups excluding carboxylic acids is 1. The van der Waals surface area contributed by atoms with Crippen molar-refractivity contribution in [3.63, 3.8) is 0 Å². The maximum absolute atomic E-state index is 10.8. The van der Waals surface area contributed by atoms with Crippen molar-refractivity contribution in [2.45, 2.75) is 25.6 Å². The van der Waals surface area contributed by atoms with E-state index in [4.69, 9.17) is 15.3 Å². The molecule has 0 fully saturated rings. The molecular weight excluding hydrogens is 188 g/mol.